The lowest BCUT2D eigenvalue weighted by molar-refractivity contribution is -0.140. The van der Waals surface area contributed by atoms with Crippen molar-refractivity contribution in [1.82, 2.24) is 28.6 Å². The smallest absolute Gasteiger partial charge is 0.332 e. The molecule has 0 radical (unpaired) electrons. The zero-order chi connectivity index (χ0) is 20.7. The molecule has 4 heterocycles. The van der Waals surface area contributed by atoms with Crippen molar-refractivity contribution in [2.45, 2.75) is 12.6 Å². The summed E-state index contributed by atoms with van der Waals surface area (Å²) in [5, 5.41) is 9.08. The molecule has 0 saturated carbocycles. The Morgan fingerprint density at radius 3 is 2.76 bits per heavy atom. The van der Waals surface area contributed by atoms with Gasteiger partial charge in [-0.1, -0.05) is 0 Å². The number of ether oxygens (including phenoxy) is 1. The number of rotatable bonds is 4. The largest absolute Gasteiger partial charge is 0.470 e. The first-order valence-corrected chi connectivity index (χ1v) is 8.81. The molecule has 1 fully saturated rings. The van der Waals surface area contributed by atoms with Crippen molar-refractivity contribution >= 4 is 17.1 Å². The summed E-state index contributed by atoms with van der Waals surface area (Å²) >= 11 is 0. The first-order chi connectivity index (χ1) is 13.9. The Balaban J connectivity index is 1.46. The van der Waals surface area contributed by atoms with E-state index < -0.39 is 11.2 Å². The molecule has 4 rings (SSSR count). The fraction of sp³-hybridized carbons (Fsp3) is 0.333. The van der Waals surface area contributed by atoms with Gasteiger partial charge in [-0.3, -0.25) is 18.7 Å². The highest BCUT2D eigenvalue weighted by Crippen LogP contribution is 2.20. The number of carbonyl (C=O) groups is 1. The molecular formula is C18H17N7O4. The minimum atomic E-state index is -0.502. The van der Waals surface area contributed by atoms with Gasteiger partial charge in [0.2, 0.25) is 11.8 Å². The summed E-state index contributed by atoms with van der Waals surface area (Å²) in [6.45, 7) is 0.622. The molecule has 0 spiro atoms. The van der Waals surface area contributed by atoms with Crippen LogP contribution in [0.1, 0.15) is 5.56 Å². The number of pyridine rings is 1. The molecule has 1 amide bonds. The predicted octanol–water partition coefficient (Wildman–Crippen LogP) is -1.01. The maximum Gasteiger partial charge on any atom is 0.332 e. The van der Waals surface area contributed by atoms with Crippen molar-refractivity contribution in [3.63, 3.8) is 0 Å². The van der Waals surface area contributed by atoms with Crippen LogP contribution in [0.25, 0.3) is 11.2 Å². The minimum absolute atomic E-state index is 0.0797. The van der Waals surface area contributed by atoms with Crippen LogP contribution in [0, 0.1) is 11.3 Å². The van der Waals surface area contributed by atoms with E-state index in [4.69, 9.17) is 10.00 Å². The van der Waals surface area contributed by atoms with E-state index in [0.29, 0.717) is 18.7 Å². The van der Waals surface area contributed by atoms with Crippen LogP contribution >= 0.6 is 0 Å². The van der Waals surface area contributed by atoms with Crippen LogP contribution in [-0.2, 0) is 25.4 Å². The molecule has 0 unspecified atom stereocenters. The standard InChI is InChI=1S/C18H17N7O4/c1-22-15-14(17(27)23(2)18(22)28)25(10-21-15)9-13(26)24-7-12(8-24)29-16-11(6-19)4-3-5-20-16/h3-5,10,12H,7-9H2,1-2H3. The second-order valence-corrected chi connectivity index (χ2v) is 6.76. The number of hydrogen-bond donors (Lipinski definition) is 0. The van der Waals surface area contributed by atoms with Crippen LogP contribution in [-0.4, -0.2) is 53.7 Å². The molecule has 11 nitrogen and oxygen atoms in total. The monoisotopic (exact) mass is 395 g/mol. The quantitative estimate of drug-likeness (QED) is 0.554. The topological polar surface area (TPSA) is 128 Å². The van der Waals surface area contributed by atoms with Crippen molar-refractivity contribution < 1.29 is 9.53 Å². The maximum atomic E-state index is 12.6. The molecule has 1 saturated heterocycles. The van der Waals surface area contributed by atoms with Crippen LogP contribution in [0.4, 0.5) is 0 Å². The Morgan fingerprint density at radius 2 is 2.03 bits per heavy atom. The summed E-state index contributed by atoms with van der Waals surface area (Å²) in [7, 11) is 2.90. The zero-order valence-electron chi connectivity index (χ0n) is 15.8. The van der Waals surface area contributed by atoms with Crippen molar-refractivity contribution in [3.05, 3.63) is 51.1 Å². The SMILES string of the molecule is Cn1c(=O)c2c(ncn2CC(=O)N2CC(Oc3ncccc3C#N)C2)n(C)c1=O. The third-order valence-corrected chi connectivity index (χ3v) is 4.89. The third-order valence-electron chi connectivity index (χ3n) is 4.89. The lowest BCUT2D eigenvalue weighted by Gasteiger charge is -2.38. The molecule has 1 aliphatic heterocycles. The Hall–Kier alpha value is -3.94. The first kappa shape index (κ1) is 18.4. The molecule has 1 aliphatic rings. The molecule has 0 aromatic carbocycles. The van der Waals surface area contributed by atoms with Gasteiger partial charge >= 0.3 is 5.69 Å². The number of imidazole rings is 1. The molecule has 0 N–H and O–H groups in total. The van der Waals surface area contributed by atoms with Crippen LogP contribution in [0.5, 0.6) is 5.88 Å². The van der Waals surface area contributed by atoms with E-state index in [9.17, 15) is 14.4 Å². The molecule has 29 heavy (non-hydrogen) atoms. The Labute approximate surface area is 164 Å². The van der Waals surface area contributed by atoms with Crippen LogP contribution in [0.2, 0.25) is 0 Å². The van der Waals surface area contributed by atoms with E-state index in [1.807, 2.05) is 6.07 Å². The zero-order valence-corrected chi connectivity index (χ0v) is 15.8. The molecule has 3 aromatic rings. The van der Waals surface area contributed by atoms with E-state index in [-0.39, 0.29) is 35.6 Å². The highest BCUT2D eigenvalue weighted by atomic mass is 16.5. The number of hydrogen-bond acceptors (Lipinski definition) is 7. The maximum absolute atomic E-state index is 12.6. The highest BCUT2D eigenvalue weighted by Gasteiger charge is 2.33. The van der Waals surface area contributed by atoms with Crippen molar-refractivity contribution in [1.29, 1.82) is 5.26 Å². The van der Waals surface area contributed by atoms with Crippen molar-refractivity contribution in [2.24, 2.45) is 14.1 Å². The predicted molar refractivity (Wildman–Crippen MR) is 100 cm³/mol. The van der Waals surface area contributed by atoms with Gasteiger partial charge in [-0.25, -0.2) is 14.8 Å². The normalized spacial score (nSPS) is 13.9. The lowest BCUT2D eigenvalue weighted by Crippen LogP contribution is -2.57. The van der Waals surface area contributed by atoms with Crippen molar-refractivity contribution in [2.75, 3.05) is 13.1 Å². The fourth-order valence-electron chi connectivity index (χ4n) is 3.21. The third kappa shape index (κ3) is 3.04. The number of nitriles is 1. The number of carbonyl (C=O) groups excluding carboxylic acids is 1. The second-order valence-electron chi connectivity index (χ2n) is 6.76. The molecule has 148 valence electrons. The number of likely N-dealkylation sites (tertiary alicyclic amines) is 1. The summed E-state index contributed by atoms with van der Waals surface area (Å²) in [6, 6.07) is 5.28. The van der Waals surface area contributed by atoms with Gasteiger partial charge in [0.15, 0.2) is 11.2 Å². The van der Waals surface area contributed by atoms with E-state index in [2.05, 4.69) is 9.97 Å². The Morgan fingerprint density at radius 1 is 1.28 bits per heavy atom. The molecule has 0 atom stereocenters. The molecule has 3 aromatic heterocycles. The molecule has 0 bridgehead atoms. The van der Waals surface area contributed by atoms with E-state index in [1.54, 1.807) is 17.0 Å². The average Bonchev–Trinajstić information content (AvgIpc) is 3.10. The van der Waals surface area contributed by atoms with Gasteiger partial charge < -0.3 is 14.2 Å². The highest BCUT2D eigenvalue weighted by molar-refractivity contribution is 5.79. The van der Waals surface area contributed by atoms with E-state index >= 15 is 0 Å². The summed E-state index contributed by atoms with van der Waals surface area (Å²) in [4.78, 5) is 46.7. The molecule has 11 heteroatoms. The number of fused-ring (bicyclic) bond motifs is 1. The summed E-state index contributed by atoms with van der Waals surface area (Å²) < 4.78 is 9.38. The number of nitrogens with zero attached hydrogens (tertiary/aromatic N) is 7. The summed E-state index contributed by atoms with van der Waals surface area (Å²) in [5.41, 5.74) is -0.215. The number of amides is 1. The summed E-state index contributed by atoms with van der Waals surface area (Å²) in [5.74, 6) is 0.0405. The molecule has 0 aliphatic carbocycles. The van der Waals surface area contributed by atoms with Gasteiger partial charge in [0.05, 0.1) is 19.4 Å². The van der Waals surface area contributed by atoms with Crippen LogP contribution in [0.3, 0.4) is 0 Å². The van der Waals surface area contributed by atoms with E-state index in [1.165, 1.54) is 35.8 Å². The second kappa shape index (κ2) is 6.90. The average molecular weight is 395 g/mol. The first-order valence-electron chi connectivity index (χ1n) is 8.81. The number of aryl methyl sites for hydroxylation is 1. The fourth-order valence-corrected chi connectivity index (χ4v) is 3.21. The number of aromatic nitrogens is 5. The van der Waals surface area contributed by atoms with Crippen LogP contribution in [0.15, 0.2) is 34.2 Å². The van der Waals surface area contributed by atoms with Crippen molar-refractivity contribution in [3.8, 4) is 11.9 Å². The summed E-state index contributed by atoms with van der Waals surface area (Å²) in [6.07, 6.45) is 2.66. The van der Waals surface area contributed by atoms with Gasteiger partial charge in [-0.2, -0.15) is 5.26 Å². The van der Waals surface area contributed by atoms with Crippen LogP contribution < -0.4 is 16.0 Å². The minimum Gasteiger partial charge on any atom is -0.470 e. The Bertz CT molecular complexity index is 1270. The van der Waals surface area contributed by atoms with Gasteiger partial charge in [0.1, 0.15) is 24.3 Å². The Kier molecular flexibility index (Phi) is 4.38. The van der Waals surface area contributed by atoms with Gasteiger partial charge in [-0.05, 0) is 12.1 Å². The van der Waals surface area contributed by atoms with Gasteiger partial charge in [0, 0.05) is 20.3 Å². The molecular weight excluding hydrogens is 378 g/mol. The lowest BCUT2D eigenvalue weighted by atomic mass is 10.1. The van der Waals surface area contributed by atoms with Gasteiger partial charge in [0.25, 0.3) is 5.56 Å². The van der Waals surface area contributed by atoms with E-state index in [0.717, 1.165) is 4.57 Å². The van der Waals surface area contributed by atoms with Gasteiger partial charge in [-0.15, -0.1) is 0 Å².